The van der Waals surface area contributed by atoms with E-state index in [0.717, 1.165) is 0 Å². The highest BCUT2D eigenvalue weighted by molar-refractivity contribution is 6.03. The standard InChI is InChI=1S/C16H17F3O4/c1-7-8(2)12-10(5-6-15(4,23-12)14(21)22)9(3)11(7)13(20)16(17,18)19/h5-6H2,1-4H3,(H,21,22). The summed E-state index contributed by atoms with van der Waals surface area (Å²) in [5.41, 5.74) is -0.580. The molecule has 0 spiro atoms. The minimum absolute atomic E-state index is 0.123. The van der Waals surface area contributed by atoms with E-state index in [1.807, 2.05) is 0 Å². The lowest BCUT2D eigenvalue weighted by Crippen LogP contribution is -2.44. The molecule has 0 bridgehead atoms. The van der Waals surface area contributed by atoms with E-state index < -0.39 is 23.5 Å². The number of carboxylic acid groups (broad SMARTS) is 1. The van der Waals surface area contributed by atoms with E-state index in [4.69, 9.17) is 4.74 Å². The van der Waals surface area contributed by atoms with Crippen molar-refractivity contribution in [2.45, 2.75) is 52.3 Å². The van der Waals surface area contributed by atoms with Crippen LogP contribution in [-0.2, 0) is 11.2 Å². The first-order chi connectivity index (χ1) is 10.4. The maximum atomic E-state index is 12.8. The van der Waals surface area contributed by atoms with E-state index >= 15 is 0 Å². The van der Waals surface area contributed by atoms with Gasteiger partial charge in [-0.25, -0.2) is 4.79 Å². The van der Waals surface area contributed by atoms with Gasteiger partial charge in [0.25, 0.3) is 5.78 Å². The van der Waals surface area contributed by atoms with Gasteiger partial charge in [-0.15, -0.1) is 0 Å². The highest BCUT2D eigenvalue weighted by Crippen LogP contribution is 2.42. The van der Waals surface area contributed by atoms with E-state index in [1.165, 1.54) is 27.7 Å². The van der Waals surface area contributed by atoms with Gasteiger partial charge in [-0.2, -0.15) is 13.2 Å². The predicted molar refractivity (Wildman–Crippen MR) is 76.0 cm³/mol. The minimum atomic E-state index is -4.96. The third kappa shape index (κ3) is 2.68. The smallest absolute Gasteiger partial charge is 0.454 e. The summed E-state index contributed by atoms with van der Waals surface area (Å²) in [5.74, 6) is -2.74. The van der Waals surface area contributed by atoms with Gasteiger partial charge in [0.05, 0.1) is 0 Å². The average molecular weight is 330 g/mol. The lowest BCUT2D eigenvalue weighted by molar-refractivity contribution is -0.155. The van der Waals surface area contributed by atoms with Crippen molar-refractivity contribution in [3.05, 3.63) is 27.8 Å². The van der Waals surface area contributed by atoms with Gasteiger partial charge >= 0.3 is 12.1 Å². The number of alkyl halides is 3. The van der Waals surface area contributed by atoms with Gasteiger partial charge in [-0.05, 0) is 56.4 Å². The molecule has 0 aromatic heterocycles. The van der Waals surface area contributed by atoms with Gasteiger partial charge in [0.1, 0.15) is 5.75 Å². The number of fused-ring (bicyclic) bond motifs is 1. The molecule has 0 saturated heterocycles. The summed E-state index contributed by atoms with van der Waals surface area (Å²) >= 11 is 0. The number of aliphatic carboxylic acids is 1. The Kier molecular flexibility index (Phi) is 3.95. The topological polar surface area (TPSA) is 63.6 Å². The van der Waals surface area contributed by atoms with Crippen LogP contribution in [-0.4, -0.2) is 28.6 Å². The molecular weight excluding hydrogens is 313 g/mol. The molecule has 0 radical (unpaired) electrons. The van der Waals surface area contributed by atoms with Gasteiger partial charge in [0.15, 0.2) is 0 Å². The Morgan fingerprint density at radius 1 is 1.13 bits per heavy atom. The summed E-state index contributed by atoms with van der Waals surface area (Å²) in [6.45, 7) is 5.82. The van der Waals surface area contributed by atoms with Crippen molar-refractivity contribution < 1.29 is 32.6 Å². The van der Waals surface area contributed by atoms with Gasteiger partial charge in [0.2, 0.25) is 5.60 Å². The Balaban J connectivity index is 2.67. The van der Waals surface area contributed by atoms with Gasteiger partial charge in [-0.3, -0.25) is 4.79 Å². The number of Topliss-reactive ketones (excluding diaryl/α,β-unsaturated/α-hetero) is 1. The highest BCUT2D eigenvalue weighted by atomic mass is 19.4. The fourth-order valence-electron chi connectivity index (χ4n) is 2.90. The van der Waals surface area contributed by atoms with Crippen molar-refractivity contribution in [3.8, 4) is 5.75 Å². The third-order valence-electron chi connectivity index (χ3n) is 4.50. The molecule has 1 N–H and O–H groups in total. The van der Waals surface area contributed by atoms with Crippen LogP contribution < -0.4 is 4.74 Å². The molecule has 7 heteroatoms. The zero-order chi connectivity index (χ0) is 17.7. The Morgan fingerprint density at radius 2 is 1.70 bits per heavy atom. The van der Waals surface area contributed by atoms with Crippen LogP contribution in [0.2, 0.25) is 0 Å². The molecule has 1 heterocycles. The summed E-state index contributed by atoms with van der Waals surface area (Å²) in [6.07, 6.45) is -4.59. The molecule has 1 aliphatic rings. The van der Waals surface area contributed by atoms with Crippen LogP contribution in [0.15, 0.2) is 0 Å². The number of rotatable bonds is 2. The van der Waals surface area contributed by atoms with Gasteiger partial charge < -0.3 is 9.84 Å². The normalized spacial score (nSPS) is 20.7. The molecule has 4 nitrogen and oxygen atoms in total. The van der Waals surface area contributed by atoms with Crippen LogP contribution in [0.5, 0.6) is 5.75 Å². The highest BCUT2D eigenvalue weighted by Gasteiger charge is 2.44. The average Bonchev–Trinajstić information content (AvgIpc) is 2.43. The molecule has 1 aromatic carbocycles. The second-order valence-corrected chi connectivity index (χ2v) is 6.02. The number of hydrogen-bond acceptors (Lipinski definition) is 3. The first-order valence-electron chi connectivity index (χ1n) is 7.06. The number of carboxylic acids is 1. The number of hydrogen-bond donors (Lipinski definition) is 1. The Morgan fingerprint density at radius 3 is 2.17 bits per heavy atom. The summed E-state index contributed by atoms with van der Waals surface area (Å²) in [6, 6.07) is 0. The van der Waals surface area contributed by atoms with E-state index in [1.54, 1.807) is 0 Å². The SMILES string of the molecule is Cc1c(C)c(C(=O)C(F)(F)F)c(C)c2c1OC(C)(C(=O)O)CC2. The van der Waals surface area contributed by atoms with Crippen molar-refractivity contribution in [3.63, 3.8) is 0 Å². The number of benzene rings is 1. The van der Waals surface area contributed by atoms with E-state index in [-0.39, 0.29) is 35.3 Å². The number of carbonyl (C=O) groups is 2. The van der Waals surface area contributed by atoms with E-state index in [9.17, 15) is 27.9 Å². The maximum Gasteiger partial charge on any atom is 0.454 e. The van der Waals surface area contributed by atoms with Crippen molar-refractivity contribution >= 4 is 11.8 Å². The fourth-order valence-corrected chi connectivity index (χ4v) is 2.90. The Hall–Kier alpha value is -2.05. The van der Waals surface area contributed by atoms with Crippen molar-refractivity contribution in [1.82, 2.24) is 0 Å². The molecule has 0 aliphatic carbocycles. The van der Waals surface area contributed by atoms with Gasteiger partial charge in [0, 0.05) is 12.0 Å². The summed E-state index contributed by atoms with van der Waals surface area (Å²) in [4.78, 5) is 23.1. The summed E-state index contributed by atoms with van der Waals surface area (Å²) in [5, 5.41) is 9.27. The Bertz CT molecular complexity index is 707. The van der Waals surface area contributed by atoms with Crippen molar-refractivity contribution in [1.29, 1.82) is 0 Å². The molecule has 1 atom stereocenters. The second-order valence-electron chi connectivity index (χ2n) is 6.02. The Labute approximate surface area is 131 Å². The van der Waals surface area contributed by atoms with Crippen LogP contribution in [0.25, 0.3) is 0 Å². The molecule has 0 amide bonds. The molecule has 23 heavy (non-hydrogen) atoms. The molecule has 1 aromatic rings. The first kappa shape index (κ1) is 17.3. The zero-order valence-corrected chi connectivity index (χ0v) is 13.2. The lowest BCUT2D eigenvalue weighted by Gasteiger charge is -2.35. The number of halogens is 3. The molecule has 0 fully saturated rings. The molecule has 2 rings (SSSR count). The van der Waals surface area contributed by atoms with Crippen molar-refractivity contribution in [2.24, 2.45) is 0 Å². The maximum absolute atomic E-state index is 12.8. The minimum Gasteiger partial charge on any atom is -0.478 e. The van der Waals surface area contributed by atoms with Crippen LogP contribution in [0.1, 0.15) is 46.0 Å². The fraction of sp³-hybridized carbons (Fsp3) is 0.500. The molecule has 0 saturated carbocycles. The lowest BCUT2D eigenvalue weighted by atomic mass is 9.84. The number of ether oxygens (including phenoxy) is 1. The zero-order valence-electron chi connectivity index (χ0n) is 13.2. The van der Waals surface area contributed by atoms with Crippen LogP contribution in [0.3, 0.4) is 0 Å². The molecule has 126 valence electrons. The second kappa shape index (κ2) is 5.25. The van der Waals surface area contributed by atoms with E-state index in [2.05, 4.69) is 0 Å². The monoisotopic (exact) mass is 330 g/mol. The quantitative estimate of drug-likeness (QED) is 0.843. The van der Waals surface area contributed by atoms with E-state index in [0.29, 0.717) is 11.1 Å². The summed E-state index contributed by atoms with van der Waals surface area (Å²) in [7, 11) is 0. The summed E-state index contributed by atoms with van der Waals surface area (Å²) < 4.78 is 44.1. The molecule has 1 aliphatic heterocycles. The molecule has 1 unspecified atom stereocenters. The predicted octanol–water partition coefficient (Wildman–Crippen LogP) is 3.53. The number of ketones is 1. The molecular formula is C16H17F3O4. The largest absolute Gasteiger partial charge is 0.478 e. The van der Waals surface area contributed by atoms with Crippen molar-refractivity contribution in [2.75, 3.05) is 0 Å². The van der Waals surface area contributed by atoms with Gasteiger partial charge in [-0.1, -0.05) is 0 Å². The van der Waals surface area contributed by atoms with Crippen LogP contribution >= 0.6 is 0 Å². The third-order valence-corrected chi connectivity index (χ3v) is 4.50. The first-order valence-corrected chi connectivity index (χ1v) is 7.06. The van der Waals surface area contributed by atoms with Crippen LogP contribution in [0.4, 0.5) is 13.2 Å². The van der Waals surface area contributed by atoms with Crippen LogP contribution in [0, 0.1) is 20.8 Å². The number of carbonyl (C=O) groups excluding carboxylic acids is 1.